The van der Waals surface area contributed by atoms with Gasteiger partial charge in [0.1, 0.15) is 14.1 Å². The minimum Gasteiger partial charge on any atom is -0.493 e. The van der Waals surface area contributed by atoms with E-state index in [4.69, 9.17) is 28.4 Å². The van der Waals surface area contributed by atoms with Crippen molar-refractivity contribution in [2.45, 2.75) is 12.8 Å². The molecule has 0 amide bonds. The zero-order chi connectivity index (χ0) is 30.0. The Balaban J connectivity index is 1.53. The molecule has 8 nitrogen and oxygen atoms in total. The number of hydrogen-bond acceptors (Lipinski definition) is 6. The predicted octanol–water partition coefficient (Wildman–Crippen LogP) is 4.88. The van der Waals surface area contributed by atoms with Crippen molar-refractivity contribution < 1.29 is 37.6 Å². The highest BCUT2D eigenvalue weighted by molar-refractivity contribution is 5.95. The molecule has 0 radical (unpaired) electrons. The van der Waals surface area contributed by atoms with Crippen LogP contribution in [0.15, 0.2) is 60.9 Å². The SMILES string of the molecule is COc1cc2cc[n+](C)c(Cc3ccc(Cc4c5c(OC)c(OC)c(OC)cc5cc[n+]4C)cc3)c2c(OC)c1OC. The average Bonchev–Trinajstić information content (AvgIpc) is 3.02. The van der Waals surface area contributed by atoms with Crippen molar-refractivity contribution in [3.8, 4) is 34.5 Å². The molecule has 2 aromatic heterocycles. The van der Waals surface area contributed by atoms with E-state index in [0.717, 1.165) is 32.9 Å². The highest BCUT2D eigenvalue weighted by Gasteiger charge is 2.25. The number of methoxy groups -OCH3 is 6. The first-order chi connectivity index (χ1) is 20.4. The molecule has 5 aromatic rings. The molecule has 218 valence electrons. The molecule has 0 saturated heterocycles. The maximum absolute atomic E-state index is 5.86. The van der Waals surface area contributed by atoms with Crippen LogP contribution in [-0.4, -0.2) is 42.7 Å². The number of benzene rings is 3. The van der Waals surface area contributed by atoms with Gasteiger partial charge in [-0.2, -0.15) is 0 Å². The summed E-state index contributed by atoms with van der Waals surface area (Å²) in [5.41, 5.74) is 4.60. The lowest BCUT2D eigenvalue weighted by molar-refractivity contribution is -0.677. The second kappa shape index (κ2) is 12.0. The van der Waals surface area contributed by atoms with E-state index in [1.807, 2.05) is 12.1 Å². The zero-order valence-electron chi connectivity index (χ0n) is 25.5. The molecule has 0 aliphatic heterocycles. The number of aryl methyl sites for hydroxylation is 2. The van der Waals surface area contributed by atoms with Gasteiger partial charge in [0, 0.05) is 22.9 Å². The first-order valence-electron chi connectivity index (χ1n) is 13.7. The average molecular weight is 571 g/mol. The summed E-state index contributed by atoms with van der Waals surface area (Å²) in [7, 11) is 14.0. The molecular formula is C34H38N2O6+2. The zero-order valence-corrected chi connectivity index (χ0v) is 25.5. The highest BCUT2D eigenvalue weighted by atomic mass is 16.5. The van der Waals surface area contributed by atoms with Crippen LogP contribution < -0.4 is 37.6 Å². The molecule has 0 unspecified atom stereocenters. The van der Waals surface area contributed by atoms with Gasteiger partial charge in [-0.15, -0.1) is 0 Å². The molecule has 0 aliphatic carbocycles. The van der Waals surface area contributed by atoms with Gasteiger partial charge >= 0.3 is 0 Å². The van der Waals surface area contributed by atoms with Crippen molar-refractivity contribution in [2.24, 2.45) is 14.1 Å². The number of hydrogen-bond donors (Lipinski definition) is 0. The van der Waals surface area contributed by atoms with Crippen LogP contribution >= 0.6 is 0 Å². The first-order valence-corrected chi connectivity index (χ1v) is 13.7. The lowest BCUT2D eigenvalue weighted by Crippen LogP contribution is -2.33. The van der Waals surface area contributed by atoms with Gasteiger partial charge in [-0.05, 0) is 23.3 Å². The van der Waals surface area contributed by atoms with Gasteiger partial charge in [-0.1, -0.05) is 24.3 Å². The van der Waals surface area contributed by atoms with Crippen molar-refractivity contribution in [1.82, 2.24) is 0 Å². The Morgan fingerprint density at radius 2 is 0.833 bits per heavy atom. The summed E-state index contributed by atoms with van der Waals surface area (Å²) in [5, 5.41) is 4.06. The van der Waals surface area contributed by atoms with E-state index >= 15 is 0 Å². The molecule has 0 saturated carbocycles. The van der Waals surface area contributed by atoms with E-state index in [9.17, 15) is 0 Å². The van der Waals surface area contributed by atoms with Gasteiger partial charge in [0.15, 0.2) is 46.8 Å². The summed E-state index contributed by atoms with van der Waals surface area (Å²) >= 11 is 0. The van der Waals surface area contributed by atoms with Crippen LogP contribution in [-0.2, 0) is 26.9 Å². The third kappa shape index (κ3) is 4.98. The summed E-state index contributed by atoms with van der Waals surface area (Å²) in [6.07, 6.45) is 5.56. The van der Waals surface area contributed by atoms with Crippen LogP contribution in [0.3, 0.4) is 0 Å². The number of fused-ring (bicyclic) bond motifs is 2. The fourth-order valence-corrected chi connectivity index (χ4v) is 5.71. The molecule has 42 heavy (non-hydrogen) atoms. The van der Waals surface area contributed by atoms with E-state index in [1.54, 1.807) is 42.7 Å². The van der Waals surface area contributed by atoms with E-state index in [2.05, 4.69) is 72.0 Å². The fourth-order valence-electron chi connectivity index (χ4n) is 5.71. The predicted molar refractivity (Wildman–Crippen MR) is 162 cm³/mol. The third-order valence-electron chi connectivity index (χ3n) is 7.87. The van der Waals surface area contributed by atoms with Crippen LogP contribution in [0.5, 0.6) is 34.5 Å². The van der Waals surface area contributed by atoms with Gasteiger partial charge in [-0.3, -0.25) is 0 Å². The number of rotatable bonds is 10. The van der Waals surface area contributed by atoms with Crippen LogP contribution in [0.4, 0.5) is 0 Å². The van der Waals surface area contributed by atoms with Gasteiger partial charge in [-0.25, -0.2) is 9.13 Å². The topological polar surface area (TPSA) is 63.1 Å². The maximum atomic E-state index is 5.86. The Labute approximate surface area is 246 Å². The van der Waals surface area contributed by atoms with Gasteiger partial charge in [0.05, 0.1) is 66.3 Å². The quantitative estimate of drug-likeness (QED) is 0.223. The van der Waals surface area contributed by atoms with Crippen molar-refractivity contribution in [3.63, 3.8) is 0 Å². The van der Waals surface area contributed by atoms with Crippen molar-refractivity contribution in [3.05, 3.63) is 83.4 Å². The van der Waals surface area contributed by atoms with Crippen molar-refractivity contribution >= 4 is 21.5 Å². The maximum Gasteiger partial charge on any atom is 0.204 e. The minimum atomic E-state index is 0.586. The molecule has 0 atom stereocenters. The monoisotopic (exact) mass is 570 g/mol. The minimum absolute atomic E-state index is 0.586. The normalized spacial score (nSPS) is 11.0. The largest absolute Gasteiger partial charge is 0.493 e. The Kier molecular flexibility index (Phi) is 8.24. The van der Waals surface area contributed by atoms with E-state index in [-0.39, 0.29) is 0 Å². The first kappa shape index (κ1) is 28.8. The summed E-state index contributed by atoms with van der Waals surface area (Å²) in [5.74, 6) is 3.78. The molecular weight excluding hydrogens is 532 g/mol. The summed E-state index contributed by atoms with van der Waals surface area (Å²) in [6.45, 7) is 0. The fraction of sp³-hybridized carbons (Fsp3) is 0.294. The molecule has 0 bridgehead atoms. The molecule has 3 aromatic carbocycles. The van der Waals surface area contributed by atoms with Crippen LogP contribution in [0.1, 0.15) is 22.5 Å². The van der Waals surface area contributed by atoms with Gasteiger partial charge in [0.2, 0.25) is 11.5 Å². The van der Waals surface area contributed by atoms with Crippen molar-refractivity contribution in [2.75, 3.05) is 42.7 Å². The second-order valence-corrected chi connectivity index (χ2v) is 10.1. The lowest BCUT2D eigenvalue weighted by Gasteiger charge is -2.16. The molecule has 5 rings (SSSR count). The van der Waals surface area contributed by atoms with E-state index in [1.165, 1.54) is 11.1 Å². The number of pyridine rings is 2. The molecule has 0 aliphatic rings. The molecule has 0 fully saturated rings. The van der Waals surface area contributed by atoms with Gasteiger partial charge < -0.3 is 28.4 Å². The summed E-state index contributed by atoms with van der Waals surface area (Å²) in [6, 6.07) is 16.9. The number of ether oxygens (including phenoxy) is 6. The molecule has 0 N–H and O–H groups in total. The van der Waals surface area contributed by atoms with E-state index < -0.39 is 0 Å². The Morgan fingerprint density at radius 3 is 1.14 bits per heavy atom. The van der Waals surface area contributed by atoms with Crippen LogP contribution in [0.2, 0.25) is 0 Å². The van der Waals surface area contributed by atoms with Crippen molar-refractivity contribution in [1.29, 1.82) is 0 Å². The Morgan fingerprint density at radius 1 is 0.476 bits per heavy atom. The number of nitrogens with zero attached hydrogens (tertiary/aromatic N) is 2. The van der Waals surface area contributed by atoms with Crippen LogP contribution in [0.25, 0.3) is 21.5 Å². The molecule has 0 spiro atoms. The lowest BCUT2D eigenvalue weighted by atomic mass is 9.98. The summed E-state index contributed by atoms with van der Waals surface area (Å²) in [4.78, 5) is 0. The number of aromatic nitrogens is 2. The van der Waals surface area contributed by atoms with Gasteiger partial charge in [0.25, 0.3) is 0 Å². The third-order valence-corrected chi connectivity index (χ3v) is 7.87. The molecule has 2 heterocycles. The van der Waals surface area contributed by atoms with E-state index in [0.29, 0.717) is 47.3 Å². The molecule has 8 heteroatoms. The Bertz CT molecular complexity index is 1640. The highest BCUT2D eigenvalue weighted by Crippen LogP contribution is 2.45. The summed E-state index contributed by atoms with van der Waals surface area (Å²) < 4.78 is 38.5. The van der Waals surface area contributed by atoms with Crippen LogP contribution in [0, 0.1) is 0 Å². The second-order valence-electron chi connectivity index (χ2n) is 10.1. The smallest absolute Gasteiger partial charge is 0.204 e. The standard InChI is InChI=1S/C34H38N2O6/c1-35-15-13-23-19-27(37-3)31(39-5)33(41-7)29(23)25(35)17-21-9-11-22(12-10-21)18-26-30-24(14-16-36(26)2)20-28(38-4)32(40-6)34(30)42-8/h9-16,19-20H,17-18H2,1-8H3/q+2. The Hall–Kier alpha value is -4.72.